The van der Waals surface area contributed by atoms with Gasteiger partial charge < -0.3 is 14.7 Å². The van der Waals surface area contributed by atoms with Crippen LogP contribution in [0.2, 0.25) is 0 Å². The van der Waals surface area contributed by atoms with E-state index in [0.717, 1.165) is 56.3 Å². The molecule has 0 radical (unpaired) electrons. The van der Waals surface area contributed by atoms with Gasteiger partial charge in [0.2, 0.25) is 11.8 Å². The lowest BCUT2D eigenvalue weighted by atomic mass is 9.98. The molecule has 1 aliphatic rings. The fourth-order valence-electron chi connectivity index (χ4n) is 3.26. The van der Waals surface area contributed by atoms with Gasteiger partial charge in [-0.2, -0.15) is 4.98 Å². The average Bonchev–Trinajstić information content (AvgIpc) is 3.09. The van der Waals surface area contributed by atoms with E-state index in [1.54, 1.807) is 12.4 Å². The van der Waals surface area contributed by atoms with E-state index in [1.165, 1.54) is 0 Å². The fraction of sp³-hybridized carbons (Fsp3) is 0.579. The van der Waals surface area contributed by atoms with Gasteiger partial charge in [-0.15, -0.1) is 0 Å². The number of hydrogen-bond donors (Lipinski definition) is 1. The second kappa shape index (κ2) is 8.89. The van der Waals surface area contributed by atoms with Crippen molar-refractivity contribution < 1.29 is 9.32 Å². The van der Waals surface area contributed by atoms with Gasteiger partial charge in [0.05, 0.1) is 17.8 Å². The molecule has 2 aromatic rings. The third-order valence-corrected chi connectivity index (χ3v) is 4.53. The number of anilines is 1. The Morgan fingerprint density at radius 2 is 2.35 bits per heavy atom. The molecule has 26 heavy (non-hydrogen) atoms. The van der Waals surface area contributed by atoms with Gasteiger partial charge in [0.1, 0.15) is 0 Å². The van der Waals surface area contributed by atoms with Crippen LogP contribution in [0.4, 0.5) is 5.69 Å². The molecule has 3 rings (SSSR count). The number of carbonyl (C=O) groups excluding carboxylic acids is 1. The summed E-state index contributed by atoms with van der Waals surface area (Å²) >= 11 is 0. The van der Waals surface area contributed by atoms with Crippen LogP contribution < -0.4 is 5.32 Å². The molecule has 1 N–H and O–H groups in total. The number of pyridine rings is 1. The molecule has 140 valence electrons. The molecule has 1 atom stereocenters. The number of nitrogens with one attached hydrogen (secondary N) is 1. The zero-order valence-electron chi connectivity index (χ0n) is 15.5. The van der Waals surface area contributed by atoms with Gasteiger partial charge in [0, 0.05) is 32.1 Å². The van der Waals surface area contributed by atoms with Crippen molar-refractivity contribution in [2.45, 2.75) is 45.4 Å². The van der Waals surface area contributed by atoms with E-state index in [0.29, 0.717) is 12.3 Å². The highest BCUT2D eigenvalue weighted by Crippen LogP contribution is 2.26. The number of aromatic nitrogens is 3. The zero-order chi connectivity index (χ0) is 18.4. The van der Waals surface area contributed by atoms with Crippen LogP contribution in [0.25, 0.3) is 0 Å². The molecular formula is C19H27N5O2. The summed E-state index contributed by atoms with van der Waals surface area (Å²) in [7, 11) is 0. The van der Waals surface area contributed by atoms with Gasteiger partial charge >= 0.3 is 0 Å². The number of likely N-dealkylation sites (tertiary alicyclic amines) is 1. The maximum absolute atomic E-state index is 12.1. The van der Waals surface area contributed by atoms with Gasteiger partial charge in [-0.3, -0.25) is 9.78 Å². The monoisotopic (exact) mass is 357 g/mol. The second-order valence-corrected chi connectivity index (χ2v) is 7.33. The van der Waals surface area contributed by atoms with Crippen molar-refractivity contribution in [3.8, 4) is 0 Å². The third-order valence-electron chi connectivity index (χ3n) is 4.53. The maximum Gasteiger partial charge on any atom is 0.231 e. The molecule has 1 unspecified atom stereocenters. The van der Waals surface area contributed by atoms with Crippen molar-refractivity contribution in [3.05, 3.63) is 36.2 Å². The number of nitrogens with zero attached hydrogens (tertiary/aromatic N) is 4. The first kappa shape index (κ1) is 18.5. The van der Waals surface area contributed by atoms with Crippen molar-refractivity contribution in [3.63, 3.8) is 0 Å². The summed E-state index contributed by atoms with van der Waals surface area (Å²) in [6.07, 6.45) is 6.78. The van der Waals surface area contributed by atoms with Crippen LogP contribution in [0.5, 0.6) is 0 Å². The van der Waals surface area contributed by atoms with Crippen LogP contribution >= 0.6 is 0 Å². The molecule has 1 saturated heterocycles. The fourth-order valence-corrected chi connectivity index (χ4v) is 3.26. The van der Waals surface area contributed by atoms with Gasteiger partial charge in [-0.1, -0.05) is 19.0 Å². The lowest BCUT2D eigenvalue weighted by molar-refractivity contribution is -0.116. The quantitative estimate of drug-likeness (QED) is 0.820. The van der Waals surface area contributed by atoms with Crippen LogP contribution in [-0.4, -0.2) is 45.6 Å². The summed E-state index contributed by atoms with van der Waals surface area (Å²) in [4.78, 5) is 23.0. The number of piperidine rings is 1. The van der Waals surface area contributed by atoms with Crippen molar-refractivity contribution in [2.24, 2.45) is 5.92 Å². The van der Waals surface area contributed by atoms with Gasteiger partial charge in [0.25, 0.3) is 0 Å². The molecule has 1 aliphatic heterocycles. The Bertz CT molecular complexity index is 701. The number of hydrogen-bond acceptors (Lipinski definition) is 6. The SMILES string of the molecule is CC(C)Cc1noc(C2CCCN(CCC(=O)Nc3cccnc3)C2)n1. The van der Waals surface area contributed by atoms with Crippen molar-refractivity contribution in [1.82, 2.24) is 20.0 Å². The minimum atomic E-state index is 0.0112. The molecule has 0 aromatic carbocycles. The van der Waals surface area contributed by atoms with Gasteiger partial charge in [-0.05, 0) is 37.4 Å². The molecule has 0 aliphatic carbocycles. The highest BCUT2D eigenvalue weighted by Gasteiger charge is 2.26. The number of rotatable bonds is 7. The van der Waals surface area contributed by atoms with Crippen molar-refractivity contribution >= 4 is 11.6 Å². The first-order valence-corrected chi connectivity index (χ1v) is 9.35. The largest absolute Gasteiger partial charge is 0.339 e. The molecule has 2 aromatic heterocycles. The predicted molar refractivity (Wildman–Crippen MR) is 98.7 cm³/mol. The van der Waals surface area contributed by atoms with E-state index in [-0.39, 0.29) is 11.8 Å². The third kappa shape index (κ3) is 5.36. The molecule has 1 fully saturated rings. The lowest BCUT2D eigenvalue weighted by Crippen LogP contribution is -2.36. The predicted octanol–water partition coefficient (Wildman–Crippen LogP) is 2.87. The molecule has 0 spiro atoms. The second-order valence-electron chi connectivity index (χ2n) is 7.33. The first-order valence-electron chi connectivity index (χ1n) is 9.35. The minimum Gasteiger partial charge on any atom is -0.339 e. The molecule has 7 heteroatoms. The normalized spacial score (nSPS) is 18.2. The van der Waals surface area contributed by atoms with Crippen LogP contribution in [-0.2, 0) is 11.2 Å². The van der Waals surface area contributed by atoms with E-state index < -0.39 is 0 Å². The highest BCUT2D eigenvalue weighted by molar-refractivity contribution is 5.90. The van der Waals surface area contributed by atoms with E-state index in [4.69, 9.17) is 4.52 Å². The van der Waals surface area contributed by atoms with Crippen LogP contribution in [0, 0.1) is 5.92 Å². The molecular weight excluding hydrogens is 330 g/mol. The van der Waals surface area contributed by atoms with Gasteiger partial charge in [0.15, 0.2) is 5.82 Å². The van der Waals surface area contributed by atoms with Crippen LogP contribution in [0.3, 0.4) is 0 Å². The summed E-state index contributed by atoms with van der Waals surface area (Å²) in [5.41, 5.74) is 0.734. The van der Waals surface area contributed by atoms with E-state index in [9.17, 15) is 4.79 Å². The highest BCUT2D eigenvalue weighted by atomic mass is 16.5. The Balaban J connectivity index is 1.47. The Hall–Kier alpha value is -2.28. The Morgan fingerprint density at radius 1 is 1.46 bits per heavy atom. The Kier molecular flexibility index (Phi) is 6.33. The smallest absolute Gasteiger partial charge is 0.231 e. The number of amides is 1. The Labute approximate surface area is 154 Å². The number of carbonyl (C=O) groups is 1. The molecule has 7 nitrogen and oxygen atoms in total. The topological polar surface area (TPSA) is 84.2 Å². The van der Waals surface area contributed by atoms with Crippen LogP contribution in [0.15, 0.2) is 29.0 Å². The average molecular weight is 357 g/mol. The Morgan fingerprint density at radius 3 is 3.12 bits per heavy atom. The van der Waals surface area contributed by atoms with Crippen molar-refractivity contribution in [2.75, 3.05) is 25.0 Å². The summed E-state index contributed by atoms with van der Waals surface area (Å²) in [6, 6.07) is 3.65. The zero-order valence-corrected chi connectivity index (χ0v) is 15.5. The maximum atomic E-state index is 12.1. The molecule has 0 bridgehead atoms. The molecule has 1 amide bonds. The van der Waals surface area contributed by atoms with E-state index in [2.05, 4.69) is 39.2 Å². The van der Waals surface area contributed by atoms with E-state index in [1.807, 2.05) is 12.1 Å². The van der Waals surface area contributed by atoms with Crippen LogP contribution in [0.1, 0.15) is 50.7 Å². The summed E-state index contributed by atoms with van der Waals surface area (Å²) < 4.78 is 5.48. The minimum absolute atomic E-state index is 0.0112. The summed E-state index contributed by atoms with van der Waals surface area (Å²) in [5, 5.41) is 6.98. The molecule has 0 saturated carbocycles. The van der Waals surface area contributed by atoms with Gasteiger partial charge in [-0.25, -0.2) is 0 Å². The molecule has 3 heterocycles. The first-order chi connectivity index (χ1) is 12.6. The standard InChI is InChI=1S/C19H27N5O2/c1-14(2)11-17-22-19(26-23-17)15-5-4-9-24(13-15)10-7-18(25)21-16-6-3-8-20-12-16/h3,6,8,12,14-15H,4-5,7,9-11,13H2,1-2H3,(H,21,25). The lowest BCUT2D eigenvalue weighted by Gasteiger charge is -2.30. The summed E-state index contributed by atoms with van der Waals surface area (Å²) in [6.45, 7) is 6.90. The van der Waals surface area contributed by atoms with E-state index >= 15 is 0 Å². The van der Waals surface area contributed by atoms with Crippen molar-refractivity contribution in [1.29, 1.82) is 0 Å². The summed E-state index contributed by atoms with van der Waals surface area (Å²) in [5.74, 6) is 2.32.